The van der Waals surface area contributed by atoms with Crippen molar-refractivity contribution in [2.24, 2.45) is 7.05 Å². The quantitative estimate of drug-likeness (QED) is 0.693. The van der Waals surface area contributed by atoms with E-state index in [-0.39, 0.29) is 30.0 Å². The Hall–Kier alpha value is -3.42. The molecule has 29 heavy (non-hydrogen) atoms. The van der Waals surface area contributed by atoms with Gasteiger partial charge in [0.05, 0.1) is 17.4 Å². The lowest BCUT2D eigenvalue weighted by Crippen LogP contribution is -2.38. The highest BCUT2D eigenvalue weighted by atomic mass is 16.2. The number of amides is 2. The van der Waals surface area contributed by atoms with Gasteiger partial charge in [-0.05, 0) is 43.2 Å². The molecule has 4 rings (SSSR count). The van der Waals surface area contributed by atoms with Crippen molar-refractivity contribution in [2.75, 3.05) is 5.32 Å². The van der Waals surface area contributed by atoms with Crippen LogP contribution in [0.2, 0.25) is 0 Å². The normalized spacial score (nSPS) is 14.2. The summed E-state index contributed by atoms with van der Waals surface area (Å²) < 4.78 is 3.11. The molecule has 150 valence electrons. The van der Waals surface area contributed by atoms with Gasteiger partial charge in [0, 0.05) is 25.0 Å². The Bertz CT molecular complexity index is 1120. The number of aromatic nitrogens is 3. The number of carbonyl (C=O) groups excluding carboxylic acids is 2. The number of benzene rings is 1. The van der Waals surface area contributed by atoms with E-state index in [2.05, 4.69) is 15.6 Å². The lowest BCUT2D eigenvalue weighted by Gasteiger charge is -2.13. The van der Waals surface area contributed by atoms with Crippen LogP contribution >= 0.6 is 0 Å². The number of nitrogens with zero attached hydrogens (tertiary/aromatic N) is 3. The standard InChI is InChI=1S/C21H23N5O3/c1-25-13-22-17-9-8-15(11-18(17)25)23-19(27)12-26-10-4-7-16(21(26)29)20(28)24-14-5-2-3-6-14/h4,7-11,13-14H,2-3,5-6,12H2,1H3,(H,23,27)(H,24,28). The summed E-state index contributed by atoms with van der Waals surface area (Å²) in [7, 11) is 1.88. The molecule has 3 aromatic rings. The summed E-state index contributed by atoms with van der Waals surface area (Å²) in [6.07, 6.45) is 7.28. The fraction of sp³-hybridized carbons (Fsp3) is 0.333. The lowest BCUT2D eigenvalue weighted by atomic mass is 10.2. The van der Waals surface area contributed by atoms with E-state index in [4.69, 9.17) is 0 Å². The van der Waals surface area contributed by atoms with Gasteiger partial charge in [-0.3, -0.25) is 14.4 Å². The number of nitrogens with one attached hydrogen (secondary N) is 2. The molecule has 8 nitrogen and oxygen atoms in total. The van der Waals surface area contributed by atoms with Crippen LogP contribution in [0.25, 0.3) is 11.0 Å². The van der Waals surface area contributed by atoms with Gasteiger partial charge in [-0.1, -0.05) is 12.8 Å². The maximum absolute atomic E-state index is 12.7. The minimum Gasteiger partial charge on any atom is -0.349 e. The Balaban J connectivity index is 1.46. The molecule has 0 saturated heterocycles. The molecule has 1 aliphatic carbocycles. The average molecular weight is 393 g/mol. The fourth-order valence-corrected chi connectivity index (χ4v) is 3.73. The Kier molecular flexibility index (Phi) is 5.16. The van der Waals surface area contributed by atoms with Crippen molar-refractivity contribution in [1.82, 2.24) is 19.4 Å². The van der Waals surface area contributed by atoms with Crippen molar-refractivity contribution in [3.8, 4) is 0 Å². The van der Waals surface area contributed by atoms with Gasteiger partial charge in [0.2, 0.25) is 5.91 Å². The minimum absolute atomic E-state index is 0.0588. The molecule has 1 saturated carbocycles. The average Bonchev–Trinajstić information content (AvgIpc) is 3.33. The molecule has 0 unspecified atom stereocenters. The molecular weight excluding hydrogens is 370 g/mol. The molecule has 8 heteroatoms. The molecule has 2 amide bonds. The molecule has 2 N–H and O–H groups in total. The minimum atomic E-state index is -0.472. The van der Waals surface area contributed by atoms with E-state index in [1.54, 1.807) is 18.5 Å². The number of pyridine rings is 1. The topological polar surface area (TPSA) is 98.0 Å². The molecule has 0 bridgehead atoms. The third kappa shape index (κ3) is 4.06. The van der Waals surface area contributed by atoms with E-state index in [9.17, 15) is 14.4 Å². The predicted molar refractivity (Wildman–Crippen MR) is 110 cm³/mol. The molecule has 2 aromatic heterocycles. The fourth-order valence-electron chi connectivity index (χ4n) is 3.73. The van der Waals surface area contributed by atoms with Gasteiger partial charge in [0.15, 0.2) is 0 Å². The van der Waals surface area contributed by atoms with Gasteiger partial charge in [0.25, 0.3) is 11.5 Å². The molecule has 2 heterocycles. The molecule has 0 atom stereocenters. The number of anilines is 1. The van der Waals surface area contributed by atoms with Gasteiger partial charge >= 0.3 is 0 Å². The summed E-state index contributed by atoms with van der Waals surface area (Å²) in [5.41, 5.74) is 1.94. The molecule has 0 radical (unpaired) electrons. The number of carbonyl (C=O) groups is 2. The van der Waals surface area contributed by atoms with Crippen LogP contribution in [-0.2, 0) is 18.4 Å². The summed E-state index contributed by atoms with van der Waals surface area (Å²) in [4.78, 5) is 41.8. The first kappa shape index (κ1) is 18.9. The zero-order valence-corrected chi connectivity index (χ0v) is 16.2. The lowest BCUT2D eigenvalue weighted by molar-refractivity contribution is -0.116. The predicted octanol–water partition coefficient (Wildman–Crippen LogP) is 2.05. The first-order valence-corrected chi connectivity index (χ1v) is 9.72. The molecule has 1 fully saturated rings. The van der Waals surface area contributed by atoms with Crippen LogP contribution in [0.4, 0.5) is 5.69 Å². The van der Waals surface area contributed by atoms with Crippen LogP contribution in [0.3, 0.4) is 0 Å². The second-order valence-electron chi connectivity index (χ2n) is 7.42. The van der Waals surface area contributed by atoms with E-state index < -0.39 is 5.56 Å². The first-order valence-electron chi connectivity index (χ1n) is 9.72. The monoisotopic (exact) mass is 393 g/mol. The Morgan fingerprint density at radius 1 is 1.21 bits per heavy atom. The second kappa shape index (κ2) is 7.90. The van der Waals surface area contributed by atoms with Crippen molar-refractivity contribution in [3.05, 3.63) is 58.8 Å². The van der Waals surface area contributed by atoms with Crippen LogP contribution in [0.15, 0.2) is 47.7 Å². The summed E-state index contributed by atoms with van der Waals surface area (Å²) in [6.45, 7) is -0.174. The molecular formula is C21H23N5O3. The maximum atomic E-state index is 12.7. The van der Waals surface area contributed by atoms with Gasteiger partial charge in [-0.15, -0.1) is 0 Å². The van der Waals surface area contributed by atoms with Crippen molar-refractivity contribution >= 4 is 28.5 Å². The highest BCUT2D eigenvalue weighted by Crippen LogP contribution is 2.18. The van der Waals surface area contributed by atoms with Gasteiger partial charge in [-0.25, -0.2) is 4.98 Å². The van der Waals surface area contributed by atoms with E-state index in [0.717, 1.165) is 36.7 Å². The third-order valence-electron chi connectivity index (χ3n) is 5.28. The highest BCUT2D eigenvalue weighted by Gasteiger charge is 2.20. The number of fused-ring (bicyclic) bond motifs is 1. The van der Waals surface area contributed by atoms with Crippen LogP contribution in [0, 0.1) is 0 Å². The number of aryl methyl sites for hydroxylation is 1. The van der Waals surface area contributed by atoms with Gasteiger partial charge in [0.1, 0.15) is 12.1 Å². The van der Waals surface area contributed by atoms with Crippen molar-refractivity contribution in [1.29, 1.82) is 0 Å². The zero-order chi connectivity index (χ0) is 20.4. The Labute approximate surface area is 167 Å². The maximum Gasteiger partial charge on any atom is 0.263 e. The highest BCUT2D eigenvalue weighted by molar-refractivity contribution is 5.95. The Morgan fingerprint density at radius 3 is 2.79 bits per heavy atom. The third-order valence-corrected chi connectivity index (χ3v) is 5.28. The summed E-state index contributed by atoms with van der Waals surface area (Å²) >= 11 is 0. The summed E-state index contributed by atoms with van der Waals surface area (Å²) in [6, 6.07) is 8.65. The number of rotatable bonds is 5. The number of imidazole rings is 1. The van der Waals surface area contributed by atoms with Gasteiger partial charge in [-0.2, -0.15) is 0 Å². The van der Waals surface area contributed by atoms with Crippen molar-refractivity contribution in [3.63, 3.8) is 0 Å². The Morgan fingerprint density at radius 2 is 2.00 bits per heavy atom. The smallest absolute Gasteiger partial charge is 0.263 e. The molecule has 1 aromatic carbocycles. The van der Waals surface area contributed by atoms with Crippen LogP contribution in [0.1, 0.15) is 36.0 Å². The molecule has 0 spiro atoms. The summed E-state index contributed by atoms with van der Waals surface area (Å²) in [5, 5.41) is 5.71. The van der Waals surface area contributed by atoms with Gasteiger partial charge < -0.3 is 19.8 Å². The van der Waals surface area contributed by atoms with E-state index in [0.29, 0.717) is 5.69 Å². The molecule has 0 aliphatic heterocycles. The van der Waals surface area contributed by atoms with Crippen LogP contribution in [-0.4, -0.2) is 32.0 Å². The van der Waals surface area contributed by atoms with Crippen LogP contribution < -0.4 is 16.2 Å². The van der Waals surface area contributed by atoms with Crippen LogP contribution in [0.5, 0.6) is 0 Å². The molecule has 1 aliphatic rings. The number of hydrogen-bond donors (Lipinski definition) is 2. The second-order valence-corrected chi connectivity index (χ2v) is 7.42. The SMILES string of the molecule is Cn1cnc2ccc(NC(=O)Cn3cccc(C(=O)NC4CCCC4)c3=O)cc21. The van der Waals surface area contributed by atoms with E-state index in [1.807, 2.05) is 23.7 Å². The van der Waals surface area contributed by atoms with E-state index >= 15 is 0 Å². The largest absolute Gasteiger partial charge is 0.349 e. The summed E-state index contributed by atoms with van der Waals surface area (Å²) in [5.74, 6) is -0.722. The zero-order valence-electron chi connectivity index (χ0n) is 16.2. The first-order chi connectivity index (χ1) is 14.0. The van der Waals surface area contributed by atoms with E-state index in [1.165, 1.54) is 16.8 Å². The number of hydrogen-bond acceptors (Lipinski definition) is 4. The van der Waals surface area contributed by atoms with Crippen molar-refractivity contribution in [2.45, 2.75) is 38.3 Å². The van der Waals surface area contributed by atoms with Crippen molar-refractivity contribution < 1.29 is 9.59 Å².